The number of para-hydroxylation sites is 2. The van der Waals surface area contributed by atoms with Gasteiger partial charge in [0.2, 0.25) is 0 Å². The molecule has 0 aliphatic heterocycles. The monoisotopic (exact) mass is 807 g/mol. The average molecular weight is 808 g/mol. The van der Waals surface area contributed by atoms with Crippen molar-refractivity contribution in [3.8, 4) is 61.3 Å². The molecule has 11 aromatic rings. The predicted octanol–water partition coefficient (Wildman–Crippen LogP) is 16.6. The molecule has 0 atom stereocenters. The molecular weight excluding hydrogens is 749 g/mol. The van der Waals surface area contributed by atoms with Crippen LogP contribution in [0.3, 0.4) is 0 Å². The Balaban J connectivity index is 1.19. The number of rotatable bonds is 9. The number of nitrogens with zero attached hydrogens (tertiary/aromatic N) is 2. The van der Waals surface area contributed by atoms with E-state index in [9.17, 15) is 9.60 Å². The maximum absolute atomic E-state index is 9.89. The maximum atomic E-state index is 9.89. The molecule has 0 unspecified atom stereocenters. The van der Waals surface area contributed by atoms with Gasteiger partial charge in [-0.15, -0.1) is 0 Å². The first kappa shape index (κ1) is 23.0. The van der Waals surface area contributed by atoms with Crippen LogP contribution >= 0.6 is 0 Å². The second-order valence-corrected chi connectivity index (χ2v) is 14.4. The van der Waals surface area contributed by atoms with Crippen molar-refractivity contribution in [2.24, 2.45) is 0 Å². The second kappa shape index (κ2) is 16.1. The lowest BCUT2D eigenvalue weighted by Crippen LogP contribution is -2.10. The van der Waals surface area contributed by atoms with Crippen molar-refractivity contribution < 1.29 is 23.3 Å². The Labute approximate surface area is 386 Å². The third-order valence-electron chi connectivity index (χ3n) is 10.8. The quantitative estimate of drug-likeness (QED) is 0.141. The number of benzene rings is 10. The van der Waals surface area contributed by atoms with Gasteiger partial charge in [-0.05, 0) is 111 Å². The fraction of sp³-hybridized carbons (Fsp3) is 0. The van der Waals surface area contributed by atoms with Crippen LogP contribution in [0.2, 0.25) is 0 Å². The average Bonchev–Trinajstić information content (AvgIpc) is 4.10. The van der Waals surface area contributed by atoms with E-state index in [0.29, 0.717) is 16.3 Å². The van der Waals surface area contributed by atoms with Crippen LogP contribution in [0.15, 0.2) is 254 Å². The summed E-state index contributed by atoms with van der Waals surface area (Å²) in [4.78, 5) is 1.20. The van der Waals surface area contributed by atoms with E-state index in [1.165, 1.54) is 4.90 Å². The molecule has 11 rings (SSSR count). The summed E-state index contributed by atoms with van der Waals surface area (Å²) in [5.74, 6) is 0. The molecule has 0 aliphatic carbocycles. The van der Waals surface area contributed by atoms with Gasteiger partial charge >= 0.3 is 0 Å². The highest BCUT2D eigenvalue weighted by Gasteiger charge is 2.19. The molecule has 0 N–H and O–H groups in total. The van der Waals surface area contributed by atoms with E-state index < -0.39 is 125 Å². The molecular formula is C60H42N2. The fourth-order valence-corrected chi connectivity index (χ4v) is 7.91. The zero-order valence-corrected chi connectivity index (χ0v) is 32.8. The molecule has 0 spiro atoms. The molecule has 2 nitrogen and oxygen atoms in total. The largest absolute Gasteiger partial charge is 0.310 e. The van der Waals surface area contributed by atoms with Gasteiger partial charge in [0.15, 0.2) is 0 Å². The minimum absolute atomic E-state index is 0.0645. The van der Waals surface area contributed by atoms with E-state index >= 15 is 0 Å². The van der Waals surface area contributed by atoms with E-state index in [2.05, 4.69) is 4.57 Å². The van der Waals surface area contributed by atoms with Gasteiger partial charge in [0.1, 0.15) is 0 Å². The van der Waals surface area contributed by atoms with Gasteiger partial charge in [0, 0.05) is 33.4 Å². The normalized spacial score (nSPS) is 15.1. The molecule has 0 aliphatic rings. The Kier molecular flexibility index (Phi) is 5.97. The summed E-state index contributed by atoms with van der Waals surface area (Å²) in [5.41, 5.74) is 2.94. The SMILES string of the molecule is [2H]c1c(N(c2ccc(-c3ccccc3)cc2)c2c([2H])c([2H])c(-c3ccc4c(c3[2H])c3ccccc3n4-c3ccccc3-c3ccccc3)c([2H])c2[2H])cc(-c2c([2H])c([2H])c([2H])c([2H])c2[2H])c(-c2c([2H])c([2H])c([2H])c([2H])c2[2H])c1[2H]. The Morgan fingerprint density at radius 3 is 1.61 bits per heavy atom. The molecule has 0 radical (unpaired) electrons. The molecule has 0 fully saturated rings. The summed E-state index contributed by atoms with van der Waals surface area (Å²) in [7, 11) is 0. The van der Waals surface area contributed by atoms with Crippen LogP contribution in [0.25, 0.3) is 83.1 Å². The van der Waals surface area contributed by atoms with Gasteiger partial charge in [0.05, 0.1) is 40.0 Å². The third kappa shape index (κ3) is 6.84. The zero-order valence-electron chi connectivity index (χ0n) is 49.8. The zero-order chi connectivity index (χ0) is 56.0. The molecule has 1 aromatic heterocycles. The summed E-state index contributed by atoms with van der Waals surface area (Å²) in [5, 5.41) is 1.21. The van der Waals surface area contributed by atoms with E-state index in [4.69, 9.17) is 13.7 Å². The predicted molar refractivity (Wildman–Crippen MR) is 263 cm³/mol. The summed E-state index contributed by atoms with van der Waals surface area (Å²) in [6, 6.07) is 34.1. The summed E-state index contributed by atoms with van der Waals surface area (Å²) in [6.45, 7) is 0. The lowest BCUT2D eigenvalue weighted by molar-refractivity contribution is 1.18. The number of anilines is 3. The van der Waals surface area contributed by atoms with Crippen molar-refractivity contribution in [1.29, 1.82) is 0 Å². The molecule has 0 amide bonds. The van der Waals surface area contributed by atoms with Crippen molar-refractivity contribution in [3.05, 3.63) is 254 Å². The number of aromatic nitrogens is 1. The van der Waals surface area contributed by atoms with Crippen molar-refractivity contribution in [2.75, 3.05) is 4.90 Å². The number of fused-ring (bicyclic) bond motifs is 3. The summed E-state index contributed by atoms with van der Waals surface area (Å²) < 4.78 is 158. The minimum Gasteiger partial charge on any atom is -0.310 e. The molecule has 0 bridgehead atoms. The second-order valence-electron chi connectivity index (χ2n) is 14.4. The van der Waals surface area contributed by atoms with Gasteiger partial charge in [-0.3, -0.25) is 0 Å². The smallest absolute Gasteiger partial charge is 0.0645 e. The van der Waals surface area contributed by atoms with Crippen molar-refractivity contribution >= 4 is 38.9 Å². The van der Waals surface area contributed by atoms with E-state index in [-0.39, 0.29) is 28.5 Å². The first-order valence-corrected chi connectivity index (χ1v) is 19.9. The first-order chi connectivity index (χ1) is 37.8. The molecule has 292 valence electrons. The van der Waals surface area contributed by atoms with Crippen LogP contribution in [0.5, 0.6) is 0 Å². The van der Waals surface area contributed by atoms with Crippen LogP contribution in [-0.2, 0) is 0 Å². The first-order valence-electron chi connectivity index (χ1n) is 28.4. The molecule has 1 heterocycles. The molecule has 0 saturated heterocycles. The lowest BCUT2D eigenvalue weighted by Gasteiger charge is -2.27. The van der Waals surface area contributed by atoms with Gasteiger partial charge in [-0.2, -0.15) is 0 Å². The van der Waals surface area contributed by atoms with Crippen molar-refractivity contribution in [3.63, 3.8) is 0 Å². The third-order valence-corrected chi connectivity index (χ3v) is 10.8. The minimum atomic E-state index is -0.812. The highest BCUT2D eigenvalue weighted by atomic mass is 15.1. The lowest BCUT2D eigenvalue weighted by atomic mass is 9.93. The standard InChI is InChI=1S/C60H42N2/c1-5-17-43(18-6-1)44-29-34-50(35-30-44)61(52-38-39-53(46-19-7-2-8-20-46)56(42-52)48-23-11-4-12-24-48)51-36-31-45(32-37-51)49-33-40-60-57(41-49)55-26-14-16-28-59(55)62(60)58-27-15-13-25-54(58)47-21-9-3-10-22-47/h1-42H/i2D,4D,7D,8D,11D,12D,19D,20D,23D,24D,31D,32D,36D,37D,38D,39D,41D. The van der Waals surface area contributed by atoms with Gasteiger partial charge in [-0.25, -0.2) is 0 Å². The Morgan fingerprint density at radius 2 is 0.887 bits per heavy atom. The van der Waals surface area contributed by atoms with Crippen molar-refractivity contribution in [2.45, 2.75) is 0 Å². The van der Waals surface area contributed by atoms with E-state index in [0.717, 1.165) is 39.5 Å². The number of hydrogen-bond donors (Lipinski definition) is 0. The van der Waals surface area contributed by atoms with Crippen LogP contribution in [0, 0.1) is 0 Å². The van der Waals surface area contributed by atoms with Crippen LogP contribution in [0.4, 0.5) is 17.1 Å². The number of hydrogen-bond acceptors (Lipinski definition) is 1. The van der Waals surface area contributed by atoms with Crippen LogP contribution in [0.1, 0.15) is 23.3 Å². The maximum Gasteiger partial charge on any atom is 0.0645 e. The Morgan fingerprint density at radius 1 is 0.323 bits per heavy atom. The van der Waals surface area contributed by atoms with Crippen LogP contribution < -0.4 is 4.90 Å². The Bertz CT molecular complexity index is 4250. The summed E-state index contributed by atoms with van der Waals surface area (Å²) in [6.07, 6.45) is 0. The fourth-order valence-electron chi connectivity index (χ4n) is 7.91. The van der Waals surface area contributed by atoms with E-state index in [1.807, 2.05) is 109 Å². The van der Waals surface area contributed by atoms with Crippen molar-refractivity contribution in [1.82, 2.24) is 4.57 Å². The molecule has 0 saturated carbocycles. The molecule has 2 heteroatoms. The topological polar surface area (TPSA) is 8.17 Å². The van der Waals surface area contributed by atoms with Gasteiger partial charge in [0.25, 0.3) is 0 Å². The molecule has 10 aromatic carbocycles. The Hall–Kier alpha value is -8.20. The molecule has 62 heavy (non-hydrogen) atoms. The highest BCUT2D eigenvalue weighted by Crippen LogP contribution is 2.43. The van der Waals surface area contributed by atoms with Crippen LogP contribution in [-0.4, -0.2) is 4.57 Å². The van der Waals surface area contributed by atoms with Gasteiger partial charge in [-0.1, -0.05) is 194 Å². The highest BCUT2D eigenvalue weighted by molar-refractivity contribution is 6.11. The van der Waals surface area contributed by atoms with Gasteiger partial charge < -0.3 is 9.47 Å². The van der Waals surface area contributed by atoms with E-state index in [1.54, 1.807) is 36.4 Å². The summed E-state index contributed by atoms with van der Waals surface area (Å²) >= 11 is 0.